The number of carbonyl (C=O) groups excluding carboxylic acids is 1. The SMILES string of the molecule is Cc1ccc(N(CC(=O)O)C(=O)c2ccc(Br)nc2)cc1. The molecule has 6 heteroatoms. The highest BCUT2D eigenvalue weighted by Gasteiger charge is 2.20. The van der Waals surface area contributed by atoms with Gasteiger partial charge in [-0.2, -0.15) is 0 Å². The first-order valence-corrected chi connectivity index (χ1v) is 6.98. The Hall–Kier alpha value is -2.21. The van der Waals surface area contributed by atoms with Gasteiger partial charge in [0.1, 0.15) is 11.1 Å². The van der Waals surface area contributed by atoms with Crippen molar-refractivity contribution in [2.45, 2.75) is 6.92 Å². The van der Waals surface area contributed by atoms with Crippen molar-refractivity contribution in [3.8, 4) is 0 Å². The van der Waals surface area contributed by atoms with Crippen LogP contribution >= 0.6 is 15.9 Å². The number of anilines is 1. The second-order valence-electron chi connectivity index (χ2n) is 4.49. The van der Waals surface area contributed by atoms with Crippen LogP contribution in [-0.4, -0.2) is 28.5 Å². The van der Waals surface area contributed by atoms with Gasteiger partial charge in [0.2, 0.25) is 0 Å². The first kappa shape index (κ1) is 15.2. The summed E-state index contributed by atoms with van der Waals surface area (Å²) < 4.78 is 0.610. The number of hydrogen-bond donors (Lipinski definition) is 1. The van der Waals surface area contributed by atoms with Crippen molar-refractivity contribution in [3.63, 3.8) is 0 Å². The molecule has 1 heterocycles. The zero-order chi connectivity index (χ0) is 15.4. The topological polar surface area (TPSA) is 70.5 Å². The van der Waals surface area contributed by atoms with Crippen molar-refractivity contribution in [1.82, 2.24) is 4.98 Å². The Kier molecular flexibility index (Phi) is 4.70. The van der Waals surface area contributed by atoms with Crippen molar-refractivity contribution in [2.24, 2.45) is 0 Å². The van der Waals surface area contributed by atoms with E-state index in [-0.39, 0.29) is 0 Å². The zero-order valence-corrected chi connectivity index (χ0v) is 12.9. The van der Waals surface area contributed by atoms with Gasteiger partial charge in [-0.1, -0.05) is 17.7 Å². The number of benzene rings is 1. The molecule has 5 nitrogen and oxygen atoms in total. The molecule has 0 saturated carbocycles. The Morgan fingerprint density at radius 2 is 1.86 bits per heavy atom. The molecule has 1 N–H and O–H groups in total. The van der Waals surface area contributed by atoms with E-state index >= 15 is 0 Å². The van der Waals surface area contributed by atoms with E-state index in [0.717, 1.165) is 5.56 Å². The molecular formula is C15H13BrN2O3. The quantitative estimate of drug-likeness (QED) is 0.862. The van der Waals surface area contributed by atoms with E-state index in [1.165, 1.54) is 11.1 Å². The van der Waals surface area contributed by atoms with Gasteiger partial charge in [-0.05, 0) is 47.1 Å². The van der Waals surface area contributed by atoms with Crippen molar-refractivity contribution in [3.05, 3.63) is 58.3 Å². The predicted molar refractivity (Wildman–Crippen MR) is 82.4 cm³/mol. The number of amides is 1. The van der Waals surface area contributed by atoms with Crippen LogP contribution in [0, 0.1) is 6.92 Å². The highest BCUT2D eigenvalue weighted by Crippen LogP contribution is 2.18. The van der Waals surface area contributed by atoms with Gasteiger partial charge in [-0.25, -0.2) is 4.98 Å². The van der Waals surface area contributed by atoms with E-state index in [2.05, 4.69) is 20.9 Å². The number of aryl methyl sites for hydroxylation is 1. The van der Waals surface area contributed by atoms with Crippen LogP contribution in [0.1, 0.15) is 15.9 Å². The van der Waals surface area contributed by atoms with Crippen LogP contribution in [0.25, 0.3) is 0 Å². The van der Waals surface area contributed by atoms with Gasteiger partial charge in [0.15, 0.2) is 0 Å². The Balaban J connectivity index is 2.35. The normalized spacial score (nSPS) is 10.2. The fourth-order valence-electron chi connectivity index (χ4n) is 1.80. The molecule has 0 aliphatic rings. The van der Waals surface area contributed by atoms with Gasteiger partial charge >= 0.3 is 5.97 Å². The predicted octanol–water partition coefficient (Wildman–Crippen LogP) is 2.88. The maximum absolute atomic E-state index is 12.5. The molecule has 1 amide bonds. The van der Waals surface area contributed by atoms with E-state index in [1.54, 1.807) is 24.3 Å². The lowest BCUT2D eigenvalue weighted by atomic mass is 10.2. The summed E-state index contributed by atoms with van der Waals surface area (Å²) in [6, 6.07) is 10.4. The lowest BCUT2D eigenvalue weighted by Crippen LogP contribution is -2.35. The van der Waals surface area contributed by atoms with Gasteiger partial charge in [-0.15, -0.1) is 0 Å². The van der Waals surface area contributed by atoms with Crippen LogP contribution in [0.3, 0.4) is 0 Å². The lowest BCUT2D eigenvalue weighted by molar-refractivity contribution is -0.135. The van der Waals surface area contributed by atoms with E-state index in [4.69, 9.17) is 5.11 Å². The van der Waals surface area contributed by atoms with E-state index < -0.39 is 18.4 Å². The molecule has 0 fully saturated rings. The molecule has 0 aliphatic heterocycles. The summed E-state index contributed by atoms with van der Waals surface area (Å²) >= 11 is 3.19. The van der Waals surface area contributed by atoms with Gasteiger partial charge in [0, 0.05) is 11.9 Å². The van der Waals surface area contributed by atoms with Crippen molar-refractivity contribution in [2.75, 3.05) is 11.4 Å². The fourth-order valence-corrected chi connectivity index (χ4v) is 2.03. The summed E-state index contributed by atoms with van der Waals surface area (Å²) in [5.74, 6) is -1.48. The largest absolute Gasteiger partial charge is 0.480 e. The third kappa shape index (κ3) is 3.88. The number of rotatable bonds is 4. The molecule has 0 bridgehead atoms. The minimum absolute atomic E-state index is 0.333. The second-order valence-corrected chi connectivity index (χ2v) is 5.30. The second kappa shape index (κ2) is 6.49. The zero-order valence-electron chi connectivity index (χ0n) is 11.3. The number of pyridine rings is 1. The molecule has 0 aliphatic carbocycles. The number of carbonyl (C=O) groups is 2. The third-order valence-electron chi connectivity index (χ3n) is 2.86. The molecule has 2 rings (SSSR count). The number of carboxylic acid groups (broad SMARTS) is 1. The third-order valence-corrected chi connectivity index (χ3v) is 3.33. The maximum Gasteiger partial charge on any atom is 0.323 e. The number of aliphatic carboxylic acids is 1. The molecule has 0 radical (unpaired) electrons. The lowest BCUT2D eigenvalue weighted by Gasteiger charge is -2.21. The standard InChI is InChI=1S/C15H13BrN2O3/c1-10-2-5-12(6-3-10)18(9-14(19)20)15(21)11-4-7-13(16)17-8-11/h2-8H,9H2,1H3,(H,19,20). The van der Waals surface area contributed by atoms with E-state index in [9.17, 15) is 9.59 Å². The Labute approximate surface area is 130 Å². The molecule has 0 atom stereocenters. The first-order chi connectivity index (χ1) is 9.97. The van der Waals surface area contributed by atoms with E-state index in [1.807, 2.05) is 19.1 Å². The monoisotopic (exact) mass is 348 g/mol. The van der Waals surface area contributed by atoms with Crippen LogP contribution in [0.5, 0.6) is 0 Å². The minimum atomic E-state index is -1.08. The number of hydrogen-bond acceptors (Lipinski definition) is 3. The summed E-state index contributed by atoms with van der Waals surface area (Å²) in [6.45, 7) is 1.52. The smallest absolute Gasteiger partial charge is 0.323 e. The van der Waals surface area contributed by atoms with Crippen molar-refractivity contribution < 1.29 is 14.7 Å². The molecule has 0 saturated heterocycles. The first-order valence-electron chi connectivity index (χ1n) is 6.19. The summed E-state index contributed by atoms with van der Waals surface area (Å²) in [7, 11) is 0. The van der Waals surface area contributed by atoms with E-state index in [0.29, 0.717) is 15.9 Å². The fraction of sp³-hybridized carbons (Fsp3) is 0.133. The van der Waals surface area contributed by atoms with Crippen molar-refractivity contribution in [1.29, 1.82) is 0 Å². The Morgan fingerprint density at radius 1 is 1.19 bits per heavy atom. The molecule has 0 unspecified atom stereocenters. The average Bonchev–Trinajstić information content (AvgIpc) is 2.46. The summed E-state index contributed by atoms with van der Waals surface area (Å²) in [5.41, 5.74) is 1.91. The molecule has 21 heavy (non-hydrogen) atoms. The van der Waals surface area contributed by atoms with Crippen molar-refractivity contribution >= 4 is 33.5 Å². The number of halogens is 1. The van der Waals surface area contributed by atoms with Crippen LogP contribution in [-0.2, 0) is 4.79 Å². The molecule has 108 valence electrons. The highest BCUT2D eigenvalue weighted by atomic mass is 79.9. The van der Waals surface area contributed by atoms with Crippen LogP contribution in [0.2, 0.25) is 0 Å². The van der Waals surface area contributed by atoms with Crippen LogP contribution in [0.4, 0.5) is 5.69 Å². The molecule has 2 aromatic rings. The van der Waals surface area contributed by atoms with Crippen LogP contribution in [0.15, 0.2) is 47.2 Å². The van der Waals surface area contributed by atoms with Gasteiger partial charge in [-0.3, -0.25) is 14.5 Å². The summed E-state index contributed by atoms with van der Waals surface area (Å²) in [6.07, 6.45) is 1.41. The average molecular weight is 349 g/mol. The van der Waals surface area contributed by atoms with Gasteiger partial charge < -0.3 is 5.11 Å². The molecule has 1 aromatic carbocycles. The Morgan fingerprint density at radius 3 is 2.38 bits per heavy atom. The summed E-state index contributed by atoms with van der Waals surface area (Å²) in [5, 5.41) is 9.02. The minimum Gasteiger partial charge on any atom is -0.480 e. The number of aromatic nitrogens is 1. The number of carboxylic acids is 1. The molecule has 1 aromatic heterocycles. The molecular weight excluding hydrogens is 336 g/mol. The number of nitrogens with zero attached hydrogens (tertiary/aromatic N) is 2. The van der Waals surface area contributed by atoms with Gasteiger partial charge in [0.05, 0.1) is 5.56 Å². The highest BCUT2D eigenvalue weighted by molar-refractivity contribution is 9.10. The summed E-state index contributed by atoms with van der Waals surface area (Å²) in [4.78, 5) is 28.7. The van der Waals surface area contributed by atoms with Gasteiger partial charge in [0.25, 0.3) is 5.91 Å². The maximum atomic E-state index is 12.5. The molecule has 0 spiro atoms. The Bertz CT molecular complexity index is 654. The van der Waals surface area contributed by atoms with Crippen LogP contribution < -0.4 is 4.90 Å².